The van der Waals surface area contributed by atoms with Gasteiger partial charge in [0.1, 0.15) is 5.75 Å². The third kappa shape index (κ3) is 4.50. The number of benzene rings is 2. The van der Waals surface area contributed by atoms with Gasteiger partial charge in [0, 0.05) is 47.6 Å². The summed E-state index contributed by atoms with van der Waals surface area (Å²) in [5.41, 5.74) is 1.72. The van der Waals surface area contributed by atoms with Gasteiger partial charge in [-0.25, -0.2) is 4.79 Å². The van der Waals surface area contributed by atoms with Crippen LogP contribution in [0.4, 0.5) is 16.2 Å². The van der Waals surface area contributed by atoms with Crippen LogP contribution in [-0.2, 0) is 0 Å². The molecule has 1 saturated heterocycles. The second kappa shape index (κ2) is 7.85. The molecule has 1 aliphatic rings. The normalized spacial score (nSPS) is 14.4. The lowest BCUT2D eigenvalue weighted by Crippen LogP contribution is -2.50. The van der Waals surface area contributed by atoms with Gasteiger partial charge in [-0.3, -0.25) is 0 Å². The zero-order valence-corrected chi connectivity index (χ0v) is 15.3. The second-order valence-electron chi connectivity index (χ2n) is 5.76. The van der Waals surface area contributed by atoms with Crippen molar-refractivity contribution in [3.63, 3.8) is 0 Å². The van der Waals surface area contributed by atoms with Gasteiger partial charge in [-0.05, 0) is 42.5 Å². The summed E-state index contributed by atoms with van der Waals surface area (Å²) in [6.07, 6.45) is 0. The van der Waals surface area contributed by atoms with Crippen LogP contribution in [0.5, 0.6) is 5.75 Å². The summed E-state index contributed by atoms with van der Waals surface area (Å²) in [6.45, 7) is 2.72. The third-order valence-electron chi connectivity index (χ3n) is 4.12. The van der Waals surface area contributed by atoms with E-state index >= 15 is 0 Å². The van der Waals surface area contributed by atoms with E-state index < -0.39 is 0 Å². The molecule has 1 fully saturated rings. The number of carbonyl (C=O) groups is 1. The summed E-state index contributed by atoms with van der Waals surface area (Å²) in [5.74, 6) is 0.756. The van der Waals surface area contributed by atoms with E-state index in [0.717, 1.165) is 30.2 Å². The summed E-state index contributed by atoms with van der Waals surface area (Å²) in [7, 11) is 1.61. The van der Waals surface area contributed by atoms with Crippen LogP contribution in [0.15, 0.2) is 42.5 Å². The Morgan fingerprint density at radius 1 is 1.00 bits per heavy atom. The van der Waals surface area contributed by atoms with Crippen LogP contribution in [0.2, 0.25) is 10.0 Å². The minimum absolute atomic E-state index is 0.103. The standard InChI is InChI=1S/C18H19Cl2N3O2/c1-25-17-4-2-15(3-5-17)21-18(24)23-8-6-22(7-9-23)16-11-13(19)10-14(20)12-16/h2-5,10-12H,6-9H2,1H3,(H,21,24). The van der Waals surface area contributed by atoms with Gasteiger partial charge in [0.2, 0.25) is 0 Å². The molecule has 2 aromatic rings. The first-order chi connectivity index (χ1) is 12.0. The lowest BCUT2D eigenvalue weighted by molar-refractivity contribution is 0.208. The maximum atomic E-state index is 12.4. The molecule has 0 unspecified atom stereocenters. The summed E-state index contributed by atoms with van der Waals surface area (Å²) >= 11 is 12.1. The molecular formula is C18H19Cl2N3O2. The number of carbonyl (C=O) groups excluding carboxylic acids is 1. The van der Waals surface area contributed by atoms with Crippen molar-refractivity contribution < 1.29 is 9.53 Å². The zero-order valence-electron chi connectivity index (χ0n) is 13.8. The second-order valence-corrected chi connectivity index (χ2v) is 6.63. The minimum Gasteiger partial charge on any atom is -0.497 e. The van der Waals surface area contributed by atoms with E-state index in [4.69, 9.17) is 27.9 Å². The van der Waals surface area contributed by atoms with E-state index in [9.17, 15) is 4.79 Å². The number of nitrogens with one attached hydrogen (secondary N) is 1. The average Bonchev–Trinajstić information content (AvgIpc) is 2.61. The summed E-state index contributed by atoms with van der Waals surface area (Å²) in [6, 6.07) is 12.7. The first-order valence-electron chi connectivity index (χ1n) is 7.96. The highest BCUT2D eigenvalue weighted by Gasteiger charge is 2.21. The summed E-state index contributed by atoms with van der Waals surface area (Å²) < 4.78 is 5.11. The molecule has 1 heterocycles. The maximum Gasteiger partial charge on any atom is 0.321 e. The Balaban J connectivity index is 1.56. The van der Waals surface area contributed by atoms with Crippen LogP contribution in [-0.4, -0.2) is 44.2 Å². The average molecular weight is 380 g/mol. The molecular weight excluding hydrogens is 361 g/mol. The molecule has 3 rings (SSSR count). The molecule has 2 aromatic carbocycles. The van der Waals surface area contributed by atoms with Crippen molar-refractivity contribution in [1.29, 1.82) is 0 Å². The number of anilines is 2. The van der Waals surface area contributed by atoms with Gasteiger partial charge in [-0.2, -0.15) is 0 Å². The van der Waals surface area contributed by atoms with Crippen LogP contribution >= 0.6 is 23.2 Å². The van der Waals surface area contributed by atoms with Gasteiger partial charge in [0.15, 0.2) is 0 Å². The Hall–Kier alpha value is -2.11. The number of amides is 2. The molecule has 132 valence electrons. The predicted octanol–water partition coefficient (Wildman–Crippen LogP) is 4.36. The van der Waals surface area contributed by atoms with Crippen molar-refractivity contribution in [3.8, 4) is 5.75 Å². The number of methoxy groups -OCH3 is 1. The van der Waals surface area contributed by atoms with Crippen molar-refractivity contribution in [2.75, 3.05) is 43.5 Å². The van der Waals surface area contributed by atoms with Crippen LogP contribution in [0, 0.1) is 0 Å². The molecule has 0 radical (unpaired) electrons. The maximum absolute atomic E-state index is 12.4. The smallest absolute Gasteiger partial charge is 0.321 e. The molecule has 5 nitrogen and oxygen atoms in total. The first kappa shape index (κ1) is 17.7. The van der Waals surface area contributed by atoms with Crippen LogP contribution in [0.1, 0.15) is 0 Å². The van der Waals surface area contributed by atoms with Crippen LogP contribution in [0.25, 0.3) is 0 Å². The van der Waals surface area contributed by atoms with E-state index in [1.807, 2.05) is 36.4 Å². The number of rotatable bonds is 3. The highest BCUT2D eigenvalue weighted by Crippen LogP contribution is 2.26. The third-order valence-corrected chi connectivity index (χ3v) is 4.56. The van der Waals surface area contributed by atoms with E-state index in [-0.39, 0.29) is 6.03 Å². The van der Waals surface area contributed by atoms with Gasteiger partial charge >= 0.3 is 6.03 Å². The summed E-state index contributed by atoms with van der Waals surface area (Å²) in [5, 5.41) is 4.13. The number of urea groups is 1. The molecule has 2 amide bonds. The molecule has 25 heavy (non-hydrogen) atoms. The minimum atomic E-state index is -0.103. The number of hydrogen-bond acceptors (Lipinski definition) is 3. The van der Waals surface area contributed by atoms with Crippen molar-refractivity contribution >= 4 is 40.6 Å². The Morgan fingerprint density at radius 2 is 1.60 bits per heavy atom. The van der Waals surface area contributed by atoms with E-state index in [2.05, 4.69) is 10.2 Å². The molecule has 0 atom stereocenters. The monoisotopic (exact) mass is 379 g/mol. The number of hydrogen-bond donors (Lipinski definition) is 1. The fourth-order valence-corrected chi connectivity index (χ4v) is 3.28. The van der Waals surface area contributed by atoms with E-state index in [1.54, 1.807) is 18.1 Å². The molecule has 0 saturated carbocycles. The predicted molar refractivity (Wildman–Crippen MR) is 102 cm³/mol. The van der Waals surface area contributed by atoms with Crippen molar-refractivity contribution in [1.82, 2.24) is 4.90 Å². The van der Waals surface area contributed by atoms with Gasteiger partial charge in [-0.15, -0.1) is 0 Å². The summed E-state index contributed by atoms with van der Waals surface area (Å²) in [4.78, 5) is 16.4. The molecule has 0 aliphatic carbocycles. The van der Waals surface area contributed by atoms with Crippen molar-refractivity contribution in [2.24, 2.45) is 0 Å². The zero-order chi connectivity index (χ0) is 17.8. The Labute approximate surface area is 157 Å². The highest BCUT2D eigenvalue weighted by atomic mass is 35.5. The number of halogens is 2. The number of nitrogens with zero attached hydrogens (tertiary/aromatic N) is 2. The molecule has 1 N–H and O–H groups in total. The largest absolute Gasteiger partial charge is 0.497 e. The Bertz CT molecular complexity index is 724. The van der Waals surface area contributed by atoms with Gasteiger partial charge in [-0.1, -0.05) is 23.2 Å². The number of piperazine rings is 1. The van der Waals surface area contributed by atoms with Crippen LogP contribution in [0.3, 0.4) is 0 Å². The van der Waals surface area contributed by atoms with Crippen molar-refractivity contribution in [3.05, 3.63) is 52.5 Å². The van der Waals surface area contributed by atoms with Gasteiger partial charge in [0.05, 0.1) is 7.11 Å². The lowest BCUT2D eigenvalue weighted by atomic mass is 10.2. The fourth-order valence-electron chi connectivity index (χ4n) is 2.77. The lowest BCUT2D eigenvalue weighted by Gasteiger charge is -2.36. The quantitative estimate of drug-likeness (QED) is 0.861. The van der Waals surface area contributed by atoms with E-state index in [0.29, 0.717) is 23.1 Å². The fraction of sp³-hybridized carbons (Fsp3) is 0.278. The molecule has 0 aromatic heterocycles. The SMILES string of the molecule is COc1ccc(NC(=O)N2CCN(c3cc(Cl)cc(Cl)c3)CC2)cc1. The van der Waals surface area contributed by atoms with E-state index in [1.165, 1.54) is 0 Å². The van der Waals surface area contributed by atoms with Gasteiger partial charge < -0.3 is 19.9 Å². The first-order valence-corrected chi connectivity index (χ1v) is 8.72. The molecule has 7 heteroatoms. The molecule has 0 bridgehead atoms. The Morgan fingerprint density at radius 3 is 2.16 bits per heavy atom. The molecule has 1 aliphatic heterocycles. The van der Waals surface area contributed by atoms with Crippen molar-refractivity contribution in [2.45, 2.75) is 0 Å². The molecule has 0 spiro atoms. The highest BCUT2D eigenvalue weighted by molar-refractivity contribution is 6.35. The number of ether oxygens (including phenoxy) is 1. The van der Waals surface area contributed by atoms with Crippen LogP contribution < -0.4 is 15.0 Å². The topological polar surface area (TPSA) is 44.8 Å². The Kier molecular flexibility index (Phi) is 5.56. The van der Waals surface area contributed by atoms with Gasteiger partial charge in [0.25, 0.3) is 0 Å².